The van der Waals surface area contributed by atoms with Gasteiger partial charge in [0.2, 0.25) is 17.7 Å². The van der Waals surface area contributed by atoms with Crippen molar-refractivity contribution in [2.45, 2.75) is 102 Å². The molecule has 4 saturated heterocycles. The second-order valence-corrected chi connectivity index (χ2v) is 16.3. The number of imide groups is 1. The third-order valence-electron chi connectivity index (χ3n) is 11.7. The predicted octanol–water partition coefficient (Wildman–Crippen LogP) is 6.32. The smallest absolute Gasteiger partial charge is 0.419 e. The third-order valence-corrected chi connectivity index (χ3v) is 12.1. The fourth-order valence-corrected chi connectivity index (χ4v) is 9.28. The van der Waals surface area contributed by atoms with Crippen molar-refractivity contribution in [3.8, 4) is 11.8 Å². The zero-order valence-corrected chi connectivity index (χ0v) is 33.7. The quantitative estimate of drug-likeness (QED) is 0.139. The molecular weight excluding hydrogens is 786 g/mol. The minimum Gasteiger partial charge on any atom is -0.493 e. The first-order chi connectivity index (χ1) is 28.1. The van der Waals surface area contributed by atoms with E-state index >= 15 is 0 Å². The van der Waals surface area contributed by atoms with Crippen molar-refractivity contribution in [2.24, 2.45) is 5.92 Å². The third kappa shape index (κ3) is 8.60. The Morgan fingerprint density at radius 2 is 1.78 bits per heavy atom. The first kappa shape index (κ1) is 41.6. The van der Waals surface area contributed by atoms with Gasteiger partial charge in [0.1, 0.15) is 23.4 Å². The number of carbonyl (C=O) groups excluding carboxylic acids is 4. The maximum absolute atomic E-state index is 13.8. The minimum absolute atomic E-state index is 0.0117. The lowest BCUT2D eigenvalue weighted by atomic mass is 9.88. The van der Waals surface area contributed by atoms with Crippen molar-refractivity contribution in [1.29, 1.82) is 5.26 Å². The molecule has 0 aliphatic carbocycles. The molecule has 4 aliphatic heterocycles. The van der Waals surface area contributed by atoms with E-state index in [4.69, 9.17) is 17.0 Å². The highest BCUT2D eigenvalue weighted by atomic mass is 32.1. The fourth-order valence-electron chi connectivity index (χ4n) is 8.76. The van der Waals surface area contributed by atoms with E-state index in [1.807, 2.05) is 25.1 Å². The normalized spacial score (nSPS) is 22.9. The second-order valence-electron chi connectivity index (χ2n) is 16.0. The molecule has 17 heteroatoms. The van der Waals surface area contributed by atoms with Crippen LogP contribution in [0.3, 0.4) is 0 Å². The number of nitriles is 1. The molecule has 5 heterocycles. The van der Waals surface area contributed by atoms with Gasteiger partial charge >= 0.3 is 6.18 Å². The summed E-state index contributed by atoms with van der Waals surface area (Å²) in [5.74, 6) is -0.148. The van der Waals surface area contributed by atoms with E-state index < -0.39 is 34.9 Å². The Kier molecular flexibility index (Phi) is 11.7. The molecule has 2 bridgehead atoms. The number of nitrogens with one attached hydrogen (secondary N) is 3. The molecule has 3 atom stereocenters. The van der Waals surface area contributed by atoms with Crippen molar-refractivity contribution in [1.82, 2.24) is 15.2 Å². The van der Waals surface area contributed by atoms with Crippen LogP contribution in [0.25, 0.3) is 0 Å². The summed E-state index contributed by atoms with van der Waals surface area (Å²) in [5.41, 5.74) is -0.693. The van der Waals surface area contributed by atoms with Crippen LogP contribution in [-0.2, 0) is 31.8 Å². The lowest BCUT2D eigenvalue weighted by Crippen LogP contribution is -2.47. The highest BCUT2D eigenvalue weighted by molar-refractivity contribution is 7.81. The van der Waals surface area contributed by atoms with E-state index in [0.29, 0.717) is 60.3 Å². The van der Waals surface area contributed by atoms with Gasteiger partial charge < -0.3 is 20.3 Å². The van der Waals surface area contributed by atoms with Crippen molar-refractivity contribution in [2.75, 3.05) is 33.6 Å². The van der Waals surface area contributed by atoms with Gasteiger partial charge in [0.05, 0.1) is 30.6 Å². The van der Waals surface area contributed by atoms with Crippen molar-refractivity contribution >= 4 is 63.7 Å². The number of alkyl halides is 3. The number of thiocarbonyl (C=S) groups is 1. The molecule has 13 nitrogen and oxygen atoms in total. The van der Waals surface area contributed by atoms with E-state index in [1.165, 1.54) is 6.07 Å². The Labute approximate surface area is 345 Å². The molecule has 3 aromatic rings. The molecule has 3 unspecified atom stereocenters. The number of benzene rings is 2. The molecule has 3 N–H and O–H groups in total. The van der Waals surface area contributed by atoms with Gasteiger partial charge in [-0.1, -0.05) is 13.0 Å². The second kappa shape index (κ2) is 16.6. The maximum atomic E-state index is 13.8. The Balaban J connectivity index is 0.931. The van der Waals surface area contributed by atoms with Gasteiger partial charge in [-0.15, -0.1) is 0 Å². The van der Waals surface area contributed by atoms with E-state index in [-0.39, 0.29) is 41.5 Å². The van der Waals surface area contributed by atoms with Crippen molar-refractivity contribution in [3.05, 3.63) is 71.5 Å². The van der Waals surface area contributed by atoms with Gasteiger partial charge in [-0.3, -0.25) is 34.3 Å². The first-order valence-electron chi connectivity index (χ1n) is 19.7. The van der Waals surface area contributed by atoms with Crippen LogP contribution in [0.4, 0.5) is 35.9 Å². The average Bonchev–Trinajstić information content (AvgIpc) is 3.51. The van der Waals surface area contributed by atoms with Crippen LogP contribution in [0.15, 0.2) is 54.7 Å². The lowest BCUT2D eigenvalue weighted by molar-refractivity contribution is -0.138. The van der Waals surface area contributed by atoms with Crippen molar-refractivity contribution < 1.29 is 37.1 Å². The van der Waals surface area contributed by atoms with Crippen LogP contribution in [0.5, 0.6) is 5.75 Å². The highest BCUT2D eigenvalue weighted by Crippen LogP contribution is 2.42. The van der Waals surface area contributed by atoms with Gasteiger partial charge in [0.15, 0.2) is 10.8 Å². The standard InChI is InChI=1S/C42H45F3N8O5S/c1-4-25-18-30(53-40(59)52(39(57)41(53,2)3)31-20-32(42(43,44)45)34(21-46)47-22-31)10-12-35(25)58-15-14-24-16-28-8-9-29(17-24)51(28)23-37(55)49-27-7-5-6-26(19-27)48-33-11-13-36(54)50-38(33)56/h5-7,10,12,18-20,22,24,28-29,33,48H,4,8-9,11,13-17,23H2,1-3H3,(H,49,55)(H,50,54,56). The average molecular weight is 831 g/mol. The summed E-state index contributed by atoms with van der Waals surface area (Å²) >= 11 is 5.70. The van der Waals surface area contributed by atoms with Gasteiger partial charge in [-0.05, 0) is 125 Å². The molecule has 0 radical (unpaired) electrons. The number of piperidine rings is 2. The van der Waals surface area contributed by atoms with Crippen LogP contribution in [-0.4, -0.2) is 75.4 Å². The Hall–Kier alpha value is -5.60. The van der Waals surface area contributed by atoms with Crippen molar-refractivity contribution in [3.63, 3.8) is 0 Å². The maximum Gasteiger partial charge on any atom is 0.419 e. The highest BCUT2D eigenvalue weighted by Gasteiger charge is 2.51. The SMILES string of the molecule is CCc1cc(N2C(=S)N(c3cnc(C#N)c(C(F)(F)F)c3)C(=O)C2(C)C)ccc1OCCC1CC2CCC(C1)N2CC(=O)Nc1cccc(NC2CCC(=O)NC2=O)c1. The summed E-state index contributed by atoms with van der Waals surface area (Å²) in [5, 5.41) is 17.7. The fraction of sp³-hybridized carbons (Fsp3) is 0.452. The molecular formula is C42H45F3N8O5S. The Bertz CT molecular complexity index is 2210. The van der Waals surface area contributed by atoms with Gasteiger partial charge in [0, 0.05) is 35.6 Å². The molecule has 0 saturated carbocycles. The molecule has 310 valence electrons. The number of aromatic nitrogens is 1. The van der Waals surface area contributed by atoms with Crippen LogP contribution in [0, 0.1) is 17.2 Å². The first-order valence-corrected chi connectivity index (χ1v) is 20.2. The largest absolute Gasteiger partial charge is 0.493 e. The van der Waals surface area contributed by atoms with Crippen LogP contribution < -0.4 is 30.5 Å². The number of nitrogens with zero attached hydrogens (tertiary/aromatic N) is 5. The molecule has 0 spiro atoms. The Morgan fingerprint density at radius 1 is 1.05 bits per heavy atom. The molecule has 4 aliphatic rings. The molecule has 4 amide bonds. The number of hydrogen-bond acceptors (Lipinski definition) is 10. The summed E-state index contributed by atoms with van der Waals surface area (Å²) in [7, 11) is 0. The topological polar surface area (TPSA) is 160 Å². The van der Waals surface area contributed by atoms with Gasteiger partial charge in [-0.25, -0.2) is 4.98 Å². The monoisotopic (exact) mass is 830 g/mol. The number of fused-ring (bicyclic) bond motifs is 2. The van der Waals surface area contributed by atoms with E-state index in [2.05, 4.69) is 25.8 Å². The van der Waals surface area contributed by atoms with Crippen LogP contribution in [0.2, 0.25) is 0 Å². The number of carbonyl (C=O) groups is 4. The molecule has 2 aromatic carbocycles. The number of amides is 4. The number of halogens is 3. The summed E-state index contributed by atoms with van der Waals surface area (Å²) in [6.45, 7) is 6.06. The minimum atomic E-state index is -4.85. The Morgan fingerprint density at radius 3 is 2.46 bits per heavy atom. The van der Waals surface area contributed by atoms with E-state index in [0.717, 1.165) is 54.8 Å². The van der Waals surface area contributed by atoms with Gasteiger partial charge in [0.25, 0.3) is 5.91 Å². The predicted molar refractivity (Wildman–Crippen MR) is 218 cm³/mol. The summed E-state index contributed by atoms with van der Waals surface area (Å²) in [6, 6.07) is 15.0. The number of anilines is 4. The zero-order chi connectivity index (χ0) is 42.2. The number of pyridine rings is 1. The summed E-state index contributed by atoms with van der Waals surface area (Å²) in [6.07, 6.45) is 2.31. The zero-order valence-electron chi connectivity index (χ0n) is 32.9. The van der Waals surface area contributed by atoms with Crippen LogP contribution >= 0.6 is 12.2 Å². The molecule has 1 aromatic heterocycles. The molecule has 7 rings (SSSR count). The summed E-state index contributed by atoms with van der Waals surface area (Å²) < 4.78 is 47.6. The number of aryl methyl sites for hydroxylation is 1. The van der Waals surface area contributed by atoms with E-state index in [9.17, 15) is 37.6 Å². The summed E-state index contributed by atoms with van der Waals surface area (Å²) in [4.78, 5) is 59.2. The number of hydrogen-bond donors (Lipinski definition) is 3. The molecule has 4 fully saturated rings. The number of ether oxygens (including phenoxy) is 1. The van der Waals surface area contributed by atoms with Crippen LogP contribution in [0.1, 0.15) is 82.5 Å². The molecule has 59 heavy (non-hydrogen) atoms. The van der Waals surface area contributed by atoms with Gasteiger partial charge in [-0.2, -0.15) is 18.4 Å². The lowest BCUT2D eigenvalue weighted by Gasteiger charge is -2.38. The van der Waals surface area contributed by atoms with E-state index in [1.54, 1.807) is 43.0 Å². The number of rotatable bonds is 12.